The number of carbonyl (C=O) groups is 2. The number of esters is 1. The van der Waals surface area contributed by atoms with Gasteiger partial charge in [0, 0.05) is 23.9 Å². The number of nitriles is 1. The Morgan fingerprint density at radius 3 is 2.76 bits per heavy atom. The molecule has 1 saturated heterocycles. The second-order valence-electron chi connectivity index (χ2n) is 8.04. The van der Waals surface area contributed by atoms with Crippen molar-refractivity contribution in [1.29, 1.82) is 5.26 Å². The van der Waals surface area contributed by atoms with Crippen LogP contribution in [0.2, 0.25) is 0 Å². The van der Waals surface area contributed by atoms with E-state index in [1.165, 1.54) is 0 Å². The maximum Gasteiger partial charge on any atom is 0.310 e. The smallest absolute Gasteiger partial charge is 0.310 e. The Hall–Kier alpha value is -3.32. The van der Waals surface area contributed by atoms with E-state index in [4.69, 9.17) is 4.74 Å². The van der Waals surface area contributed by atoms with Gasteiger partial charge in [0.05, 0.1) is 24.2 Å². The van der Waals surface area contributed by atoms with E-state index >= 15 is 0 Å². The molecule has 1 aromatic carbocycles. The molecule has 0 aliphatic carbocycles. The predicted molar refractivity (Wildman–Crippen MR) is 124 cm³/mol. The summed E-state index contributed by atoms with van der Waals surface area (Å²) in [5, 5.41) is 12.3. The molecule has 0 spiro atoms. The summed E-state index contributed by atoms with van der Waals surface area (Å²) in [6, 6.07) is 9.53. The zero-order chi connectivity index (χ0) is 23.5. The average molecular weight is 468 g/mol. The van der Waals surface area contributed by atoms with Crippen molar-refractivity contribution in [2.45, 2.75) is 30.6 Å². The number of aromatic nitrogens is 2. The highest BCUT2D eigenvalue weighted by atomic mass is 32.2. The van der Waals surface area contributed by atoms with Gasteiger partial charge in [-0.05, 0) is 43.7 Å². The molecule has 3 atom stereocenters. The summed E-state index contributed by atoms with van der Waals surface area (Å²) < 4.78 is 5.15. The molecule has 9 nitrogen and oxygen atoms in total. The van der Waals surface area contributed by atoms with E-state index in [-0.39, 0.29) is 23.3 Å². The first kappa shape index (κ1) is 22.9. The van der Waals surface area contributed by atoms with Gasteiger partial charge < -0.3 is 15.0 Å². The Morgan fingerprint density at radius 2 is 2.09 bits per heavy atom. The van der Waals surface area contributed by atoms with Crippen LogP contribution in [0.4, 0.5) is 11.8 Å². The number of aromatic amines is 1. The summed E-state index contributed by atoms with van der Waals surface area (Å²) in [5.41, 5.74) is 0.559. The zero-order valence-electron chi connectivity index (χ0n) is 18.5. The first-order valence-corrected chi connectivity index (χ1v) is 12.1. The van der Waals surface area contributed by atoms with Crippen LogP contribution in [0.1, 0.15) is 36.8 Å². The lowest BCUT2D eigenvalue weighted by Gasteiger charge is -2.33. The molecule has 2 N–H and O–H groups in total. The van der Waals surface area contributed by atoms with E-state index in [0.717, 1.165) is 11.3 Å². The molecule has 1 amide bonds. The van der Waals surface area contributed by atoms with Crippen LogP contribution >= 0.6 is 11.8 Å². The summed E-state index contributed by atoms with van der Waals surface area (Å²) in [5.74, 6) is -2.39. The van der Waals surface area contributed by atoms with Crippen molar-refractivity contribution >= 4 is 35.4 Å². The molecular weight excluding hydrogens is 442 g/mol. The number of rotatable bonds is 5. The van der Waals surface area contributed by atoms with Crippen LogP contribution in [0.3, 0.4) is 0 Å². The lowest BCUT2D eigenvalue weighted by molar-refractivity contribution is -0.148. The minimum atomic E-state index is -1.05. The summed E-state index contributed by atoms with van der Waals surface area (Å²) in [6.45, 7) is 3.07. The van der Waals surface area contributed by atoms with Crippen molar-refractivity contribution in [2.24, 2.45) is 11.8 Å². The maximum atomic E-state index is 13.2. The minimum absolute atomic E-state index is 0.155. The minimum Gasteiger partial charge on any atom is -0.466 e. The van der Waals surface area contributed by atoms with E-state index in [2.05, 4.69) is 15.3 Å². The molecule has 4 rings (SSSR count). The third-order valence-electron chi connectivity index (χ3n) is 6.07. The average Bonchev–Trinajstić information content (AvgIpc) is 2.83. The number of thioether (sulfide) groups is 1. The van der Waals surface area contributed by atoms with Gasteiger partial charge in [-0.3, -0.25) is 19.4 Å². The molecule has 1 fully saturated rings. The number of carbonyl (C=O) groups excluding carboxylic acids is 2. The van der Waals surface area contributed by atoms with Crippen LogP contribution in [-0.4, -0.2) is 47.8 Å². The van der Waals surface area contributed by atoms with Crippen molar-refractivity contribution in [3.05, 3.63) is 45.7 Å². The molecule has 0 saturated carbocycles. The molecular formula is C23H25N5O4S. The lowest BCUT2D eigenvalue weighted by atomic mass is 9.79. The number of H-pyrrole nitrogens is 1. The second-order valence-corrected chi connectivity index (χ2v) is 8.92. The molecule has 2 aliphatic heterocycles. The van der Waals surface area contributed by atoms with E-state index in [1.54, 1.807) is 18.7 Å². The topological polar surface area (TPSA) is 128 Å². The number of piperidine rings is 1. The molecule has 0 bridgehead atoms. The number of hydrogen-bond donors (Lipinski definition) is 2. The molecule has 2 aliphatic rings. The molecule has 0 radical (unpaired) electrons. The normalized spacial score (nSPS) is 22.2. The van der Waals surface area contributed by atoms with Gasteiger partial charge in [-0.15, -0.1) is 11.8 Å². The van der Waals surface area contributed by atoms with Gasteiger partial charge in [0.15, 0.2) is 0 Å². The monoisotopic (exact) mass is 467 g/mol. The molecule has 172 valence electrons. The van der Waals surface area contributed by atoms with Gasteiger partial charge >= 0.3 is 5.97 Å². The van der Waals surface area contributed by atoms with Crippen LogP contribution < -0.4 is 15.8 Å². The Kier molecular flexibility index (Phi) is 6.70. The third kappa shape index (κ3) is 4.46. The Labute approximate surface area is 195 Å². The Balaban J connectivity index is 1.71. The van der Waals surface area contributed by atoms with Crippen LogP contribution in [0.25, 0.3) is 0 Å². The lowest BCUT2D eigenvalue weighted by Crippen LogP contribution is -2.43. The van der Waals surface area contributed by atoms with Gasteiger partial charge in [0.25, 0.3) is 5.56 Å². The molecule has 3 unspecified atom stereocenters. The summed E-state index contributed by atoms with van der Waals surface area (Å²) in [7, 11) is 0. The van der Waals surface area contributed by atoms with Crippen molar-refractivity contribution in [2.75, 3.05) is 36.2 Å². The standard InChI is InChI=1S/C23H25N5O4S/c1-3-32-22(31)14-5-4-10-28(12-14)23-26-19-18(21(30)27-23)17(16(11-24)20(29)25-19)13-6-8-15(33-2)9-7-13/h6-9,14,16-17H,3-5,10,12H2,1-2H3,(H2,25,26,27,29,30). The van der Waals surface area contributed by atoms with Crippen LogP contribution in [0.15, 0.2) is 34.0 Å². The van der Waals surface area contributed by atoms with Gasteiger partial charge in [0.2, 0.25) is 11.9 Å². The largest absolute Gasteiger partial charge is 0.466 e. The fourth-order valence-corrected chi connectivity index (χ4v) is 4.85. The number of benzene rings is 1. The second kappa shape index (κ2) is 9.67. The van der Waals surface area contributed by atoms with Gasteiger partial charge in [-0.1, -0.05) is 12.1 Å². The number of ether oxygens (including phenoxy) is 1. The number of anilines is 2. The SMILES string of the molecule is CCOC(=O)C1CCCN(c2nc3c(c(=O)[nH]2)C(c2ccc(SC)cc2)C(C#N)C(=O)N3)C1. The highest BCUT2D eigenvalue weighted by Crippen LogP contribution is 2.38. The maximum absolute atomic E-state index is 13.2. The fraction of sp³-hybridized carbons (Fsp3) is 0.435. The summed E-state index contributed by atoms with van der Waals surface area (Å²) in [4.78, 5) is 48.4. The third-order valence-corrected chi connectivity index (χ3v) is 6.81. The van der Waals surface area contributed by atoms with Crippen LogP contribution in [0.5, 0.6) is 0 Å². The van der Waals surface area contributed by atoms with E-state index in [1.807, 2.05) is 41.5 Å². The predicted octanol–water partition coefficient (Wildman–Crippen LogP) is 2.50. The number of fused-ring (bicyclic) bond motifs is 1. The van der Waals surface area contributed by atoms with Crippen LogP contribution in [-0.2, 0) is 14.3 Å². The number of nitrogens with one attached hydrogen (secondary N) is 2. The quantitative estimate of drug-likeness (QED) is 0.507. The van der Waals surface area contributed by atoms with E-state index in [0.29, 0.717) is 37.6 Å². The molecule has 33 heavy (non-hydrogen) atoms. The van der Waals surface area contributed by atoms with Crippen molar-refractivity contribution in [3.63, 3.8) is 0 Å². The highest BCUT2D eigenvalue weighted by Gasteiger charge is 2.40. The number of nitrogens with zero attached hydrogens (tertiary/aromatic N) is 3. The van der Waals surface area contributed by atoms with E-state index in [9.17, 15) is 19.6 Å². The summed E-state index contributed by atoms with van der Waals surface area (Å²) >= 11 is 1.58. The number of hydrogen-bond acceptors (Lipinski definition) is 8. The fourth-order valence-electron chi connectivity index (χ4n) is 4.44. The van der Waals surface area contributed by atoms with Gasteiger partial charge in [0.1, 0.15) is 11.7 Å². The van der Waals surface area contributed by atoms with Crippen molar-refractivity contribution in [3.8, 4) is 6.07 Å². The van der Waals surface area contributed by atoms with Gasteiger partial charge in [-0.2, -0.15) is 10.2 Å². The van der Waals surface area contributed by atoms with Crippen molar-refractivity contribution in [1.82, 2.24) is 9.97 Å². The van der Waals surface area contributed by atoms with E-state index < -0.39 is 23.3 Å². The Bertz CT molecular complexity index is 1160. The molecule has 10 heteroatoms. The van der Waals surface area contributed by atoms with Gasteiger partial charge in [-0.25, -0.2) is 0 Å². The van der Waals surface area contributed by atoms with Crippen LogP contribution in [0, 0.1) is 23.2 Å². The zero-order valence-corrected chi connectivity index (χ0v) is 19.3. The molecule has 3 heterocycles. The Morgan fingerprint density at radius 1 is 1.33 bits per heavy atom. The highest BCUT2D eigenvalue weighted by molar-refractivity contribution is 7.98. The van der Waals surface area contributed by atoms with Crippen molar-refractivity contribution < 1.29 is 14.3 Å². The first-order valence-electron chi connectivity index (χ1n) is 10.9. The number of amides is 1. The molecule has 2 aromatic rings. The summed E-state index contributed by atoms with van der Waals surface area (Å²) in [6.07, 6.45) is 3.41. The molecule has 1 aromatic heterocycles. The first-order chi connectivity index (χ1) is 16.0.